The molecule has 1 N–H and O–H groups in total. The van der Waals surface area contributed by atoms with Gasteiger partial charge in [-0.3, -0.25) is 4.98 Å². The van der Waals surface area contributed by atoms with Crippen LogP contribution in [-0.2, 0) is 0 Å². The van der Waals surface area contributed by atoms with E-state index in [0.29, 0.717) is 0 Å². The van der Waals surface area contributed by atoms with Crippen molar-refractivity contribution in [3.05, 3.63) is 42.7 Å². The predicted molar refractivity (Wildman–Crippen MR) is 64.9 cm³/mol. The van der Waals surface area contributed by atoms with E-state index in [0.717, 1.165) is 11.0 Å². The molecule has 0 spiro atoms. The zero-order valence-electron chi connectivity index (χ0n) is 8.94. The van der Waals surface area contributed by atoms with Crippen LogP contribution in [0.5, 0.6) is 0 Å². The highest BCUT2D eigenvalue weighted by Gasteiger charge is 1.99. The lowest BCUT2D eigenvalue weighted by Gasteiger charge is -1.96. The number of hydrogen-bond acceptors (Lipinski definition) is 2. The van der Waals surface area contributed by atoms with Gasteiger partial charge >= 0.3 is 0 Å². The summed E-state index contributed by atoms with van der Waals surface area (Å²) in [4.78, 5) is 7.53. The molecule has 0 radical (unpaired) electrons. The number of rotatable bonds is 0. The summed E-state index contributed by atoms with van der Waals surface area (Å²) in [7, 11) is 0. The molecule has 0 saturated heterocycles. The SMILES string of the molecule is CC#N.c1cnc2c(c1)ccc1[nH]ccc12. The molecule has 3 heteroatoms. The number of aromatic amines is 1. The fourth-order valence-electron chi connectivity index (χ4n) is 1.68. The third-order valence-electron chi connectivity index (χ3n) is 2.30. The lowest BCUT2D eigenvalue weighted by atomic mass is 10.1. The molecule has 0 amide bonds. The van der Waals surface area contributed by atoms with Gasteiger partial charge in [0.25, 0.3) is 0 Å². The zero-order valence-corrected chi connectivity index (χ0v) is 8.94. The summed E-state index contributed by atoms with van der Waals surface area (Å²) in [5.41, 5.74) is 2.22. The van der Waals surface area contributed by atoms with Gasteiger partial charge < -0.3 is 4.98 Å². The second kappa shape index (κ2) is 4.45. The van der Waals surface area contributed by atoms with E-state index in [-0.39, 0.29) is 0 Å². The first-order valence-corrected chi connectivity index (χ1v) is 4.98. The lowest BCUT2D eigenvalue weighted by Crippen LogP contribution is -1.77. The highest BCUT2D eigenvalue weighted by atomic mass is 14.7. The number of benzene rings is 1. The molecule has 0 aliphatic carbocycles. The van der Waals surface area contributed by atoms with Crippen LogP contribution in [0.4, 0.5) is 0 Å². The van der Waals surface area contributed by atoms with Crippen molar-refractivity contribution in [3.63, 3.8) is 0 Å². The molecule has 3 rings (SSSR count). The van der Waals surface area contributed by atoms with Crippen LogP contribution < -0.4 is 0 Å². The number of aromatic nitrogens is 2. The molecule has 0 aliphatic rings. The zero-order chi connectivity index (χ0) is 11.4. The Labute approximate surface area is 93.4 Å². The van der Waals surface area contributed by atoms with Crippen molar-refractivity contribution in [2.75, 3.05) is 0 Å². The minimum Gasteiger partial charge on any atom is -0.361 e. The molecule has 0 atom stereocenters. The molecule has 0 aliphatic heterocycles. The van der Waals surface area contributed by atoms with E-state index in [4.69, 9.17) is 5.26 Å². The van der Waals surface area contributed by atoms with Gasteiger partial charge in [0.1, 0.15) is 0 Å². The maximum atomic E-state index is 7.32. The van der Waals surface area contributed by atoms with Gasteiger partial charge in [0.15, 0.2) is 0 Å². The fourth-order valence-corrected chi connectivity index (χ4v) is 1.68. The molecule has 16 heavy (non-hydrogen) atoms. The highest BCUT2D eigenvalue weighted by Crippen LogP contribution is 2.21. The van der Waals surface area contributed by atoms with Crippen LogP contribution in [-0.4, -0.2) is 9.97 Å². The summed E-state index contributed by atoms with van der Waals surface area (Å²) < 4.78 is 0. The van der Waals surface area contributed by atoms with Gasteiger partial charge in [0.2, 0.25) is 0 Å². The Bertz CT molecular complexity index is 647. The van der Waals surface area contributed by atoms with Crippen molar-refractivity contribution < 1.29 is 0 Å². The molecule has 1 aromatic carbocycles. The second-order valence-electron chi connectivity index (χ2n) is 3.30. The summed E-state index contributed by atoms with van der Waals surface area (Å²) in [6.45, 7) is 1.43. The third kappa shape index (κ3) is 1.73. The summed E-state index contributed by atoms with van der Waals surface area (Å²) in [6.07, 6.45) is 3.77. The Morgan fingerprint density at radius 1 is 1.25 bits per heavy atom. The average Bonchev–Trinajstić information content (AvgIpc) is 2.78. The molecule has 0 saturated carbocycles. The molecule has 2 heterocycles. The molecular weight excluding hydrogens is 198 g/mol. The molecule has 78 valence electrons. The van der Waals surface area contributed by atoms with E-state index in [1.807, 2.05) is 18.5 Å². The number of fused-ring (bicyclic) bond motifs is 3. The van der Waals surface area contributed by atoms with Crippen LogP contribution in [0.2, 0.25) is 0 Å². The Morgan fingerprint density at radius 2 is 2.06 bits per heavy atom. The highest BCUT2D eigenvalue weighted by molar-refractivity contribution is 6.03. The molecular formula is C13H11N3. The van der Waals surface area contributed by atoms with Crippen molar-refractivity contribution in [2.45, 2.75) is 6.92 Å². The smallest absolute Gasteiger partial charge is 0.0795 e. The van der Waals surface area contributed by atoms with E-state index in [9.17, 15) is 0 Å². The van der Waals surface area contributed by atoms with Crippen molar-refractivity contribution in [1.82, 2.24) is 9.97 Å². The van der Waals surface area contributed by atoms with Gasteiger partial charge in [-0.1, -0.05) is 12.1 Å². The number of pyridine rings is 1. The van der Waals surface area contributed by atoms with E-state index in [1.54, 1.807) is 6.07 Å². The van der Waals surface area contributed by atoms with Gasteiger partial charge in [-0.2, -0.15) is 5.26 Å². The largest absolute Gasteiger partial charge is 0.361 e. The van der Waals surface area contributed by atoms with E-state index in [2.05, 4.69) is 34.2 Å². The Kier molecular flexibility index (Phi) is 2.84. The average molecular weight is 209 g/mol. The summed E-state index contributed by atoms with van der Waals surface area (Å²) in [5.74, 6) is 0. The number of nitriles is 1. The van der Waals surface area contributed by atoms with Crippen molar-refractivity contribution >= 4 is 21.8 Å². The maximum absolute atomic E-state index is 7.32. The van der Waals surface area contributed by atoms with Crippen LogP contribution in [0.15, 0.2) is 42.7 Å². The summed E-state index contributed by atoms with van der Waals surface area (Å²) in [5, 5.41) is 9.70. The Morgan fingerprint density at radius 3 is 2.88 bits per heavy atom. The van der Waals surface area contributed by atoms with Gasteiger partial charge in [0, 0.05) is 35.6 Å². The van der Waals surface area contributed by atoms with Crippen molar-refractivity contribution in [1.29, 1.82) is 5.26 Å². The van der Waals surface area contributed by atoms with Gasteiger partial charge in [0.05, 0.1) is 11.6 Å². The van der Waals surface area contributed by atoms with Crippen LogP contribution in [0.25, 0.3) is 21.8 Å². The lowest BCUT2D eigenvalue weighted by molar-refractivity contribution is 1.43. The predicted octanol–water partition coefficient (Wildman–Crippen LogP) is 3.25. The first-order chi connectivity index (χ1) is 7.86. The molecule has 2 aromatic heterocycles. The van der Waals surface area contributed by atoms with Crippen LogP contribution in [0.3, 0.4) is 0 Å². The summed E-state index contributed by atoms with van der Waals surface area (Å²) >= 11 is 0. The van der Waals surface area contributed by atoms with Crippen LogP contribution >= 0.6 is 0 Å². The minimum atomic E-state index is 1.07. The van der Waals surface area contributed by atoms with E-state index in [1.165, 1.54) is 17.7 Å². The van der Waals surface area contributed by atoms with Gasteiger partial charge in [-0.15, -0.1) is 0 Å². The fraction of sp³-hybridized carbons (Fsp3) is 0.0769. The molecule has 0 bridgehead atoms. The van der Waals surface area contributed by atoms with E-state index >= 15 is 0 Å². The molecule has 3 aromatic rings. The Hall–Kier alpha value is -2.34. The van der Waals surface area contributed by atoms with Crippen LogP contribution in [0, 0.1) is 11.3 Å². The van der Waals surface area contributed by atoms with Crippen molar-refractivity contribution in [3.8, 4) is 6.07 Å². The number of H-pyrrole nitrogens is 1. The minimum absolute atomic E-state index is 1.07. The monoisotopic (exact) mass is 209 g/mol. The maximum Gasteiger partial charge on any atom is 0.0795 e. The van der Waals surface area contributed by atoms with E-state index < -0.39 is 0 Å². The number of hydrogen-bond donors (Lipinski definition) is 1. The van der Waals surface area contributed by atoms with Gasteiger partial charge in [-0.05, 0) is 18.2 Å². The normalized spacial score (nSPS) is 9.50. The molecule has 3 nitrogen and oxygen atoms in total. The molecule has 0 unspecified atom stereocenters. The topological polar surface area (TPSA) is 52.5 Å². The Balaban J connectivity index is 0.000000292. The second-order valence-corrected chi connectivity index (χ2v) is 3.30. The third-order valence-corrected chi connectivity index (χ3v) is 2.30. The first kappa shape index (κ1) is 10.2. The summed E-state index contributed by atoms with van der Waals surface area (Å²) in [6, 6.07) is 12.0. The quantitative estimate of drug-likeness (QED) is 0.617. The van der Waals surface area contributed by atoms with Crippen molar-refractivity contribution in [2.24, 2.45) is 0 Å². The number of nitrogens with one attached hydrogen (secondary N) is 1. The van der Waals surface area contributed by atoms with Crippen LogP contribution in [0.1, 0.15) is 6.92 Å². The molecule has 0 fully saturated rings. The first-order valence-electron chi connectivity index (χ1n) is 4.98. The number of nitrogens with zero attached hydrogens (tertiary/aromatic N) is 2. The standard InChI is InChI=1S/C11H8N2.C2H3N/c1-2-8-3-4-10-9(5-7-12-10)11(8)13-6-1;1-2-3/h1-7,12H;1H3. The van der Waals surface area contributed by atoms with Gasteiger partial charge in [-0.25, -0.2) is 0 Å².